The van der Waals surface area contributed by atoms with Gasteiger partial charge in [-0.3, -0.25) is 0 Å². The van der Waals surface area contributed by atoms with Crippen molar-refractivity contribution in [2.75, 3.05) is 13.2 Å². The van der Waals surface area contributed by atoms with Crippen LogP contribution in [0.2, 0.25) is 0 Å². The Bertz CT molecular complexity index is 603. The molecule has 0 aliphatic heterocycles. The van der Waals surface area contributed by atoms with Crippen LogP contribution in [0, 0.1) is 19.7 Å². The molecule has 2 aromatic rings. The quantitative estimate of drug-likeness (QED) is 0.888. The summed E-state index contributed by atoms with van der Waals surface area (Å²) in [6.07, 6.45) is 0.592. The van der Waals surface area contributed by atoms with E-state index in [4.69, 9.17) is 5.73 Å². The highest BCUT2D eigenvalue weighted by atomic mass is 19.1. The zero-order valence-corrected chi connectivity index (χ0v) is 12.6. The van der Waals surface area contributed by atoms with E-state index in [1.54, 1.807) is 6.07 Å². The largest absolute Gasteiger partial charge is 0.395 e. The number of rotatable bonds is 5. The standard InChI is InChI=1S/C18H22FNO/c1-13-3-6-16(7-4-13)18(11-20,12-21)10-15-5-8-17(19)9-14(15)2/h3-9,21H,10-12,20H2,1-2H3. The lowest BCUT2D eigenvalue weighted by atomic mass is 9.75. The van der Waals surface area contributed by atoms with Gasteiger partial charge in [0.2, 0.25) is 0 Å². The molecule has 0 heterocycles. The molecule has 1 atom stereocenters. The minimum atomic E-state index is -0.531. The summed E-state index contributed by atoms with van der Waals surface area (Å²) in [4.78, 5) is 0. The number of aliphatic hydroxyl groups excluding tert-OH is 1. The molecule has 0 fully saturated rings. The van der Waals surface area contributed by atoms with E-state index in [-0.39, 0.29) is 12.4 Å². The van der Waals surface area contributed by atoms with E-state index in [2.05, 4.69) is 0 Å². The second-order valence-corrected chi connectivity index (χ2v) is 5.76. The normalized spacial score (nSPS) is 14.0. The van der Waals surface area contributed by atoms with Crippen molar-refractivity contribution in [1.82, 2.24) is 0 Å². The Hall–Kier alpha value is -1.71. The van der Waals surface area contributed by atoms with Gasteiger partial charge in [-0.1, -0.05) is 35.9 Å². The van der Waals surface area contributed by atoms with Gasteiger partial charge in [0.25, 0.3) is 0 Å². The van der Waals surface area contributed by atoms with Crippen LogP contribution < -0.4 is 5.73 Å². The fourth-order valence-corrected chi connectivity index (χ4v) is 2.63. The maximum absolute atomic E-state index is 13.2. The zero-order valence-electron chi connectivity index (χ0n) is 12.6. The topological polar surface area (TPSA) is 46.2 Å². The first-order valence-corrected chi connectivity index (χ1v) is 7.14. The van der Waals surface area contributed by atoms with Gasteiger partial charge in [-0.15, -0.1) is 0 Å². The molecule has 112 valence electrons. The summed E-state index contributed by atoms with van der Waals surface area (Å²) in [6.45, 7) is 4.20. The van der Waals surface area contributed by atoms with Gasteiger partial charge in [0.1, 0.15) is 5.82 Å². The number of benzene rings is 2. The van der Waals surface area contributed by atoms with Crippen molar-refractivity contribution in [3.63, 3.8) is 0 Å². The van der Waals surface area contributed by atoms with Gasteiger partial charge >= 0.3 is 0 Å². The maximum atomic E-state index is 13.2. The van der Waals surface area contributed by atoms with Crippen LogP contribution in [0.15, 0.2) is 42.5 Å². The van der Waals surface area contributed by atoms with Crippen LogP contribution in [0.4, 0.5) is 4.39 Å². The first kappa shape index (κ1) is 15.7. The van der Waals surface area contributed by atoms with Crippen LogP contribution in [0.1, 0.15) is 22.3 Å². The van der Waals surface area contributed by atoms with E-state index in [9.17, 15) is 9.50 Å². The molecule has 0 aliphatic rings. The molecule has 3 heteroatoms. The van der Waals surface area contributed by atoms with Crippen LogP contribution in [0.3, 0.4) is 0 Å². The lowest BCUT2D eigenvalue weighted by molar-refractivity contribution is 0.196. The number of hydrogen-bond acceptors (Lipinski definition) is 2. The van der Waals surface area contributed by atoms with Crippen LogP contribution in [0.25, 0.3) is 0 Å². The summed E-state index contributed by atoms with van der Waals surface area (Å²) < 4.78 is 13.2. The molecule has 0 amide bonds. The van der Waals surface area contributed by atoms with Crippen molar-refractivity contribution < 1.29 is 9.50 Å². The van der Waals surface area contributed by atoms with Crippen LogP contribution >= 0.6 is 0 Å². The molecule has 0 bridgehead atoms. The molecular formula is C18H22FNO. The van der Waals surface area contributed by atoms with Crippen molar-refractivity contribution in [3.05, 3.63) is 70.5 Å². The van der Waals surface area contributed by atoms with Crippen molar-refractivity contribution in [1.29, 1.82) is 0 Å². The molecule has 1 unspecified atom stereocenters. The van der Waals surface area contributed by atoms with Crippen LogP contribution in [0.5, 0.6) is 0 Å². The SMILES string of the molecule is Cc1ccc(C(CN)(CO)Cc2ccc(F)cc2C)cc1. The summed E-state index contributed by atoms with van der Waals surface area (Å²) >= 11 is 0. The molecule has 2 aromatic carbocycles. The van der Waals surface area contributed by atoms with Gasteiger partial charge < -0.3 is 10.8 Å². The lowest BCUT2D eigenvalue weighted by Crippen LogP contribution is -2.41. The molecule has 0 aliphatic carbocycles. The summed E-state index contributed by atoms with van der Waals surface area (Å²) in [5.74, 6) is -0.242. The highest BCUT2D eigenvalue weighted by Crippen LogP contribution is 2.29. The van der Waals surface area contributed by atoms with Gasteiger partial charge in [-0.05, 0) is 49.1 Å². The van der Waals surface area contributed by atoms with E-state index in [1.807, 2.05) is 38.1 Å². The minimum Gasteiger partial charge on any atom is -0.395 e. The molecule has 21 heavy (non-hydrogen) atoms. The Kier molecular flexibility index (Phi) is 4.76. The number of aryl methyl sites for hydroxylation is 2. The van der Waals surface area contributed by atoms with Gasteiger partial charge in [-0.25, -0.2) is 4.39 Å². The van der Waals surface area contributed by atoms with Gasteiger partial charge in [0, 0.05) is 12.0 Å². The summed E-state index contributed by atoms with van der Waals surface area (Å²) in [7, 11) is 0. The van der Waals surface area contributed by atoms with E-state index in [0.717, 1.165) is 16.7 Å². The first-order chi connectivity index (χ1) is 10.0. The van der Waals surface area contributed by atoms with Gasteiger partial charge in [0.15, 0.2) is 0 Å². The monoisotopic (exact) mass is 287 g/mol. The fourth-order valence-electron chi connectivity index (χ4n) is 2.63. The van der Waals surface area contributed by atoms with Crippen molar-refractivity contribution >= 4 is 0 Å². The lowest BCUT2D eigenvalue weighted by Gasteiger charge is -2.32. The third-order valence-corrected chi connectivity index (χ3v) is 4.19. The minimum absolute atomic E-state index is 0.0383. The Balaban J connectivity index is 2.40. The number of halogens is 1. The third-order valence-electron chi connectivity index (χ3n) is 4.19. The second kappa shape index (κ2) is 6.37. The number of nitrogens with two attached hydrogens (primary N) is 1. The maximum Gasteiger partial charge on any atom is 0.123 e. The van der Waals surface area contributed by atoms with Crippen molar-refractivity contribution in [2.45, 2.75) is 25.7 Å². The summed E-state index contributed by atoms with van der Waals surface area (Å²) in [5.41, 5.74) is 9.53. The van der Waals surface area contributed by atoms with Gasteiger partial charge in [-0.2, -0.15) is 0 Å². The highest BCUT2D eigenvalue weighted by Gasteiger charge is 2.31. The molecular weight excluding hydrogens is 265 g/mol. The molecule has 0 saturated heterocycles. The Morgan fingerprint density at radius 3 is 2.29 bits per heavy atom. The van der Waals surface area contributed by atoms with E-state index >= 15 is 0 Å². The predicted octanol–water partition coefficient (Wildman–Crippen LogP) is 2.87. The zero-order chi connectivity index (χ0) is 15.5. The third kappa shape index (κ3) is 3.31. The number of hydrogen-bond donors (Lipinski definition) is 2. The summed E-state index contributed by atoms with van der Waals surface area (Å²) in [6, 6.07) is 12.8. The molecule has 0 radical (unpaired) electrons. The Labute approximate surface area is 125 Å². The average molecular weight is 287 g/mol. The van der Waals surface area contributed by atoms with Crippen molar-refractivity contribution in [2.24, 2.45) is 5.73 Å². The molecule has 0 spiro atoms. The molecule has 2 nitrogen and oxygen atoms in total. The smallest absolute Gasteiger partial charge is 0.123 e. The summed E-state index contributed by atoms with van der Waals surface area (Å²) in [5, 5.41) is 9.95. The van der Waals surface area contributed by atoms with E-state index in [1.165, 1.54) is 17.7 Å². The average Bonchev–Trinajstić information content (AvgIpc) is 2.48. The number of aliphatic hydroxyl groups is 1. The van der Waals surface area contributed by atoms with Gasteiger partial charge in [0.05, 0.1) is 6.61 Å². The van der Waals surface area contributed by atoms with Crippen LogP contribution in [-0.4, -0.2) is 18.3 Å². The highest BCUT2D eigenvalue weighted by molar-refractivity contribution is 5.35. The molecule has 0 aromatic heterocycles. The first-order valence-electron chi connectivity index (χ1n) is 7.14. The van der Waals surface area contributed by atoms with Crippen molar-refractivity contribution in [3.8, 4) is 0 Å². The second-order valence-electron chi connectivity index (χ2n) is 5.76. The molecule has 3 N–H and O–H groups in total. The van der Waals surface area contributed by atoms with Crippen LogP contribution in [-0.2, 0) is 11.8 Å². The Morgan fingerprint density at radius 2 is 1.76 bits per heavy atom. The predicted molar refractivity (Wildman–Crippen MR) is 83.8 cm³/mol. The Morgan fingerprint density at radius 1 is 1.10 bits per heavy atom. The fraction of sp³-hybridized carbons (Fsp3) is 0.333. The molecule has 0 saturated carbocycles. The van der Waals surface area contributed by atoms with E-state index in [0.29, 0.717) is 13.0 Å². The molecule has 2 rings (SSSR count). The van der Waals surface area contributed by atoms with E-state index < -0.39 is 5.41 Å².